The first-order valence-corrected chi connectivity index (χ1v) is 14.0. The van der Waals surface area contributed by atoms with E-state index >= 15 is 0 Å². The molecule has 0 spiro atoms. The lowest BCUT2D eigenvalue weighted by atomic mass is 10.0. The quantitative estimate of drug-likeness (QED) is 0.362. The molecule has 1 amide bonds. The van der Waals surface area contributed by atoms with Crippen molar-refractivity contribution < 1.29 is 9.53 Å². The van der Waals surface area contributed by atoms with Crippen LogP contribution in [0.1, 0.15) is 41.6 Å². The Morgan fingerprint density at radius 2 is 1.61 bits per heavy atom. The molecule has 188 valence electrons. The second-order valence-corrected chi connectivity index (χ2v) is 11.3. The number of hydrogen-bond donors (Lipinski definition) is 1. The number of aromatic nitrogens is 1. The number of ether oxygens (including phenoxy) is 1. The van der Waals surface area contributed by atoms with E-state index in [-0.39, 0.29) is 5.91 Å². The number of benzene rings is 2. The number of likely N-dealkylation sites (tertiary alicyclic amines) is 2. The van der Waals surface area contributed by atoms with E-state index in [0.29, 0.717) is 24.2 Å². The Balaban J connectivity index is 1.22. The number of amides is 1. The van der Waals surface area contributed by atoms with Gasteiger partial charge in [-0.1, -0.05) is 44.0 Å². The SMILES string of the molecule is Nc1ncc(-c2ccc(C(=O)N3CCC(N4CCCC4)CC3)cc2)cc1OCc1cc(Br)cc(Br)c1. The molecular formula is C28H30Br2N4O2. The van der Waals surface area contributed by atoms with Crippen LogP contribution in [0.3, 0.4) is 0 Å². The molecule has 0 aliphatic carbocycles. The van der Waals surface area contributed by atoms with Crippen molar-refractivity contribution >= 4 is 43.6 Å². The van der Waals surface area contributed by atoms with Crippen LogP contribution in [0.2, 0.25) is 0 Å². The molecule has 8 heteroatoms. The molecule has 2 aliphatic rings. The Hall–Kier alpha value is -2.42. The van der Waals surface area contributed by atoms with Gasteiger partial charge in [0.1, 0.15) is 6.61 Å². The molecule has 0 saturated carbocycles. The minimum Gasteiger partial charge on any atom is -0.485 e. The monoisotopic (exact) mass is 612 g/mol. The molecule has 2 aliphatic heterocycles. The summed E-state index contributed by atoms with van der Waals surface area (Å²) in [5.74, 6) is 0.989. The summed E-state index contributed by atoms with van der Waals surface area (Å²) in [5, 5.41) is 0. The number of carbonyl (C=O) groups excluding carboxylic acids is 1. The van der Waals surface area contributed by atoms with Crippen molar-refractivity contribution in [3.8, 4) is 16.9 Å². The maximum absolute atomic E-state index is 13.1. The van der Waals surface area contributed by atoms with Gasteiger partial charge in [0.25, 0.3) is 5.91 Å². The summed E-state index contributed by atoms with van der Waals surface area (Å²) >= 11 is 7.00. The van der Waals surface area contributed by atoms with Crippen molar-refractivity contribution in [2.45, 2.75) is 38.3 Å². The molecule has 36 heavy (non-hydrogen) atoms. The third-order valence-electron chi connectivity index (χ3n) is 7.07. The number of hydrogen-bond acceptors (Lipinski definition) is 5. The van der Waals surface area contributed by atoms with Gasteiger partial charge in [-0.25, -0.2) is 4.98 Å². The normalized spacial score (nSPS) is 16.9. The maximum Gasteiger partial charge on any atom is 0.253 e. The molecule has 3 aromatic rings. The average molecular weight is 614 g/mol. The van der Waals surface area contributed by atoms with E-state index in [1.165, 1.54) is 25.9 Å². The number of nitrogens with zero attached hydrogens (tertiary/aromatic N) is 3. The molecule has 2 N–H and O–H groups in total. The molecule has 1 aromatic heterocycles. The summed E-state index contributed by atoms with van der Waals surface area (Å²) in [6.45, 7) is 4.47. The maximum atomic E-state index is 13.1. The third-order valence-corrected chi connectivity index (χ3v) is 7.99. The van der Waals surface area contributed by atoms with Crippen LogP contribution in [0.5, 0.6) is 5.75 Å². The first-order valence-electron chi connectivity index (χ1n) is 12.4. The predicted molar refractivity (Wildman–Crippen MR) is 150 cm³/mol. The number of anilines is 1. The zero-order chi connectivity index (χ0) is 25.1. The second kappa shape index (κ2) is 11.3. The first-order chi connectivity index (χ1) is 17.5. The zero-order valence-electron chi connectivity index (χ0n) is 20.1. The smallest absolute Gasteiger partial charge is 0.253 e. The van der Waals surface area contributed by atoms with E-state index in [9.17, 15) is 4.79 Å². The van der Waals surface area contributed by atoms with Crippen LogP contribution in [-0.2, 0) is 6.61 Å². The van der Waals surface area contributed by atoms with Gasteiger partial charge in [-0.2, -0.15) is 0 Å². The minimum absolute atomic E-state index is 0.112. The number of nitrogens with two attached hydrogens (primary N) is 1. The molecule has 2 saturated heterocycles. The molecule has 3 heterocycles. The van der Waals surface area contributed by atoms with Crippen LogP contribution < -0.4 is 10.5 Å². The number of nitrogen functional groups attached to an aromatic ring is 1. The molecule has 2 fully saturated rings. The van der Waals surface area contributed by atoms with E-state index in [1.807, 2.05) is 53.4 Å². The predicted octanol–water partition coefficient (Wildman–Crippen LogP) is 6.14. The standard InChI is InChI=1S/C28H30Br2N4O2/c29-23-13-19(14-24(30)16-23)18-36-26-15-22(17-32-27(26)31)20-3-5-21(6-4-20)28(35)34-11-7-25(8-12-34)33-9-1-2-10-33/h3-6,13-17,25H,1-2,7-12,18H2,(H2,31,32). The summed E-state index contributed by atoms with van der Waals surface area (Å²) in [6, 6.07) is 16.3. The highest BCUT2D eigenvalue weighted by Crippen LogP contribution is 2.29. The van der Waals surface area contributed by atoms with E-state index in [0.717, 1.165) is 57.1 Å². The van der Waals surface area contributed by atoms with E-state index in [4.69, 9.17) is 10.5 Å². The van der Waals surface area contributed by atoms with Gasteiger partial charge in [-0.05, 0) is 86.3 Å². The van der Waals surface area contributed by atoms with Gasteiger partial charge in [0.15, 0.2) is 11.6 Å². The highest BCUT2D eigenvalue weighted by Gasteiger charge is 2.28. The summed E-state index contributed by atoms with van der Waals surface area (Å²) in [7, 11) is 0. The van der Waals surface area contributed by atoms with Crippen molar-refractivity contribution in [2.75, 3.05) is 31.9 Å². The van der Waals surface area contributed by atoms with Crippen molar-refractivity contribution in [3.05, 3.63) is 74.8 Å². The van der Waals surface area contributed by atoms with Crippen molar-refractivity contribution in [3.63, 3.8) is 0 Å². The molecule has 0 bridgehead atoms. The topological polar surface area (TPSA) is 71.7 Å². The molecule has 0 unspecified atom stereocenters. The van der Waals surface area contributed by atoms with Gasteiger partial charge in [-0.3, -0.25) is 4.79 Å². The van der Waals surface area contributed by atoms with Gasteiger partial charge in [0.05, 0.1) is 0 Å². The van der Waals surface area contributed by atoms with Gasteiger partial charge in [0, 0.05) is 45.4 Å². The fourth-order valence-corrected chi connectivity index (χ4v) is 6.50. The average Bonchev–Trinajstić information content (AvgIpc) is 3.43. The molecular weight excluding hydrogens is 584 g/mol. The van der Waals surface area contributed by atoms with Crippen LogP contribution >= 0.6 is 31.9 Å². The second-order valence-electron chi connectivity index (χ2n) is 9.52. The number of halogens is 2. The first kappa shape index (κ1) is 25.2. The molecule has 6 nitrogen and oxygen atoms in total. The lowest BCUT2D eigenvalue weighted by Gasteiger charge is -2.36. The van der Waals surface area contributed by atoms with E-state index < -0.39 is 0 Å². The highest BCUT2D eigenvalue weighted by atomic mass is 79.9. The van der Waals surface area contributed by atoms with Gasteiger partial charge in [-0.15, -0.1) is 0 Å². The van der Waals surface area contributed by atoms with Crippen molar-refractivity contribution in [1.82, 2.24) is 14.8 Å². The van der Waals surface area contributed by atoms with E-state index in [1.54, 1.807) is 6.20 Å². The lowest BCUT2D eigenvalue weighted by molar-refractivity contribution is 0.0644. The van der Waals surface area contributed by atoms with E-state index in [2.05, 4.69) is 41.7 Å². The largest absolute Gasteiger partial charge is 0.485 e. The van der Waals surface area contributed by atoms with Crippen LogP contribution in [0.4, 0.5) is 5.82 Å². The van der Waals surface area contributed by atoms with Gasteiger partial charge in [0.2, 0.25) is 0 Å². The highest BCUT2D eigenvalue weighted by molar-refractivity contribution is 9.11. The van der Waals surface area contributed by atoms with Crippen LogP contribution in [0, 0.1) is 0 Å². The lowest BCUT2D eigenvalue weighted by Crippen LogP contribution is -2.45. The summed E-state index contributed by atoms with van der Waals surface area (Å²) < 4.78 is 7.93. The van der Waals surface area contributed by atoms with Gasteiger partial charge < -0.3 is 20.3 Å². The fourth-order valence-electron chi connectivity index (χ4n) is 5.11. The number of rotatable bonds is 6. The Kier molecular flexibility index (Phi) is 7.93. The number of piperidine rings is 1. The van der Waals surface area contributed by atoms with Crippen LogP contribution in [0.25, 0.3) is 11.1 Å². The molecule has 2 aromatic carbocycles. The summed E-state index contributed by atoms with van der Waals surface area (Å²) in [6.07, 6.45) is 6.50. The van der Waals surface area contributed by atoms with Gasteiger partial charge >= 0.3 is 0 Å². The zero-order valence-corrected chi connectivity index (χ0v) is 23.3. The Labute approximate surface area is 229 Å². The fraction of sp³-hybridized carbons (Fsp3) is 0.357. The third kappa shape index (κ3) is 5.93. The Morgan fingerprint density at radius 3 is 2.28 bits per heavy atom. The summed E-state index contributed by atoms with van der Waals surface area (Å²) in [4.78, 5) is 22.0. The molecule has 0 atom stereocenters. The Morgan fingerprint density at radius 1 is 0.944 bits per heavy atom. The molecule has 0 radical (unpaired) electrons. The Bertz CT molecular complexity index is 1200. The van der Waals surface area contributed by atoms with Crippen LogP contribution in [-0.4, -0.2) is 52.9 Å². The van der Waals surface area contributed by atoms with Crippen LogP contribution in [0.15, 0.2) is 63.7 Å². The number of pyridine rings is 1. The number of carbonyl (C=O) groups is 1. The van der Waals surface area contributed by atoms with Crippen molar-refractivity contribution in [1.29, 1.82) is 0 Å². The summed E-state index contributed by atoms with van der Waals surface area (Å²) in [5.41, 5.74) is 9.66. The minimum atomic E-state index is 0.112. The molecule has 5 rings (SSSR count). The van der Waals surface area contributed by atoms with Crippen molar-refractivity contribution in [2.24, 2.45) is 0 Å².